The van der Waals surface area contributed by atoms with Gasteiger partial charge < -0.3 is 9.88 Å². The van der Waals surface area contributed by atoms with Crippen molar-refractivity contribution in [1.82, 2.24) is 4.57 Å². The maximum absolute atomic E-state index is 3.72. The number of anilines is 2. The monoisotopic (exact) mass is 668 g/mol. The number of nitrogens with one attached hydrogen (secondary N) is 1. The molecule has 2 nitrogen and oxygen atoms in total. The van der Waals surface area contributed by atoms with Crippen molar-refractivity contribution in [2.75, 3.05) is 5.32 Å². The molecule has 0 fully saturated rings. The van der Waals surface area contributed by atoms with Gasteiger partial charge in [-0.1, -0.05) is 133 Å². The zero-order chi connectivity index (χ0) is 33.7. The molecule has 0 unspecified atom stereocenters. The van der Waals surface area contributed by atoms with E-state index in [1.165, 1.54) is 75.4 Å². The van der Waals surface area contributed by atoms with Crippen molar-refractivity contribution in [1.29, 1.82) is 0 Å². The van der Waals surface area contributed by atoms with Crippen LogP contribution in [0.3, 0.4) is 0 Å². The lowest BCUT2D eigenvalue weighted by atomic mass is 9.98. The van der Waals surface area contributed by atoms with Gasteiger partial charge >= 0.3 is 0 Å². The Bertz CT molecular complexity index is 2880. The van der Waals surface area contributed by atoms with Crippen LogP contribution >= 0.6 is 11.3 Å². The molecule has 0 aliphatic carbocycles. The zero-order valence-electron chi connectivity index (χ0n) is 27.8. The Hall–Kier alpha value is -6.42. The summed E-state index contributed by atoms with van der Waals surface area (Å²) in [4.78, 5) is 0. The van der Waals surface area contributed by atoms with Gasteiger partial charge in [-0.25, -0.2) is 0 Å². The van der Waals surface area contributed by atoms with E-state index in [1.54, 1.807) is 0 Å². The van der Waals surface area contributed by atoms with Gasteiger partial charge in [-0.2, -0.15) is 0 Å². The summed E-state index contributed by atoms with van der Waals surface area (Å²) in [6.45, 7) is 0. The number of nitrogens with zero attached hydrogens (tertiary/aromatic N) is 1. The molecule has 10 aromatic rings. The summed E-state index contributed by atoms with van der Waals surface area (Å²) in [6, 6.07) is 68.0. The minimum absolute atomic E-state index is 1.09. The van der Waals surface area contributed by atoms with Crippen molar-refractivity contribution >= 4 is 64.7 Å². The van der Waals surface area contributed by atoms with Crippen LogP contribution in [0.2, 0.25) is 0 Å². The van der Waals surface area contributed by atoms with Crippen LogP contribution < -0.4 is 5.32 Å². The van der Waals surface area contributed by atoms with E-state index in [-0.39, 0.29) is 0 Å². The first-order valence-electron chi connectivity index (χ1n) is 17.3. The normalized spacial score (nSPS) is 11.5. The lowest BCUT2D eigenvalue weighted by Crippen LogP contribution is -1.94. The lowest BCUT2D eigenvalue weighted by molar-refractivity contribution is 1.18. The zero-order valence-corrected chi connectivity index (χ0v) is 28.6. The summed E-state index contributed by atoms with van der Waals surface area (Å²) in [5.74, 6) is 0. The van der Waals surface area contributed by atoms with E-state index in [4.69, 9.17) is 0 Å². The third-order valence-corrected chi connectivity index (χ3v) is 11.1. The molecule has 0 spiro atoms. The highest BCUT2D eigenvalue weighted by molar-refractivity contribution is 7.25. The van der Waals surface area contributed by atoms with Crippen LogP contribution in [0.1, 0.15) is 0 Å². The molecule has 0 atom stereocenters. The van der Waals surface area contributed by atoms with Crippen LogP contribution in [-0.2, 0) is 0 Å². The second-order valence-electron chi connectivity index (χ2n) is 13.1. The van der Waals surface area contributed by atoms with Gasteiger partial charge in [0, 0.05) is 53.6 Å². The first-order chi connectivity index (χ1) is 25.3. The number of aromatic nitrogens is 1. The maximum Gasteiger partial charge on any atom is 0.0541 e. The van der Waals surface area contributed by atoms with Gasteiger partial charge in [-0.3, -0.25) is 0 Å². The Morgan fingerprint density at radius 1 is 0.373 bits per heavy atom. The highest BCUT2D eigenvalue weighted by Crippen LogP contribution is 2.39. The summed E-state index contributed by atoms with van der Waals surface area (Å²) in [5, 5.41) is 8.86. The molecule has 3 heteroatoms. The molecule has 10 rings (SSSR count). The Labute approximate surface area is 300 Å². The van der Waals surface area contributed by atoms with E-state index in [1.807, 2.05) is 11.3 Å². The van der Waals surface area contributed by atoms with Crippen molar-refractivity contribution in [3.8, 4) is 39.1 Å². The van der Waals surface area contributed by atoms with Crippen molar-refractivity contribution in [3.63, 3.8) is 0 Å². The Kier molecular flexibility index (Phi) is 7.04. The molecule has 0 saturated carbocycles. The van der Waals surface area contributed by atoms with Gasteiger partial charge in [0.2, 0.25) is 0 Å². The van der Waals surface area contributed by atoms with E-state index >= 15 is 0 Å². The quantitative estimate of drug-likeness (QED) is 0.187. The lowest BCUT2D eigenvalue weighted by Gasteiger charge is -2.13. The van der Waals surface area contributed by atoms with Crippen LogP contribution in [0.25, 0.3) is 81.0 Å². The number of rotatable bonds is 6. The average Bonchev–Trinajstić information content (AvgIpc) is 3.73. The average molecular weight is 669 g/mol. The highest BCUT2D eigenvalue weighted by Gasteiger charge is 2.14. The van der Waals surface area contributed by atoms with Crippen molar-refractivity contribution in [2.24, 2.45) is 0 Å². The predicted molar refractivity (Wildman–Crippen MR) is 220 cm³/mol. The first-order valence-corrected chi connectivity index (χ1v) is 18.2. The van der Waals surface area contributed by atoms with Crippen LogP contribution in [0.5, 0.6) is 0 Å². The van der Waals surface area contributed by atoms with Crippen molar-refractivity contribution < 1.29 is 0 Å². The fourth-order valence-electron chi connectivity index (χ4n) is 7.53. The number of benzene rings is 8. The molecule has 51 heavy (non-hydrogen) atoms. The summed E-state index contributed by atoms with van der Waals surface area (Å²) in [6.07, 6.45) is 0. The number of para-hydroxylation sites is 2. The Morgan fingerprint density at radius 3 is 1.92 bits per heavy atom. The molecule has 1 N–H and O–H groups in total. The minimum atomic E-state index is 1.09. The molecule has 2 aromatic heterocycles. The SMILES string of the molecule is c1ccc(-c2cccc(-n3c4ccccc4c4cc(-c5ccc(-c6ccccc6Nc6ccc7c(c6)sc6ccccc67)cc5)ccc43)c2)cc1. The largest absolute Gasteiger partial charge is 0.355 e. The standard InChI is InChI=1S/C48H32N2S/c1-2-11-32(12-3-1)35-13-10-14-38(29-35)50-45-19-8-5-16-40(45)43-30-36(25-28-46(43)50)33-21-23-34(24-22-33)39-15-4-7-18-44(39)49-37-26-27-42-41-17-6-9-20-47(41)51-48(42)31-37/h1-31,49H. The third-order valence-electron chi connectivity index (χ3n) is 10.00. The van der Waals surface area contributed by atoms with Gasteiger partial charge in [0.25, 0.3) is 0 Å². The van der Waals surface area contributed by atoms with Crippen LogP contribution in [-0.4, -0.2) is 4.57 Å². The fourth-order valence-corrected chi connectivity index (χ4v) is 8.68. The molecule has 0 radical (unpaired) electrons. The Morgan fingerprint density at radius 2 is 1.02 bits per heavy atom. The highest BCUT2D eigenvalue weighted by atomic mass is 32.1. The summed E-state index contributed by atoms with van der Waals surface area (Å²) in [5.41, 5.74) is 13.0. The third kappa shape index (κ3) is 5.18. The molecular formula is C48H32N2S. The topological polar surface area (TPSA) is 17.0 Å². The van der Waals surface area contributed by atoms with E-state index in [9.17, 15) is 0 Å². The molecule has 0 saturated heterocycles. The molecule has 2 heterocycles. The number of hydrogen-bond donors (Lipinski definition) is 1. The Balaban J connectivity index is 0.986. The second-order valence-corrected chi connectivity index (χ2v) is 14.1. The molecular weight excluding hydrogens is 637 g/mol. The summed E-state index contributed by atoms with van der Waals surface area (Å²) >= 11 is 1.85. The van der Waals surface area contributed by atoms with E-state index < -0.39 is 0 Å². The van der Waals surface area contributed by atoms with Gasteiger partial charge in [0.15, 0.2) is 0 Å². The van der Waals surface area contributed by atoms with E-state index in [0.717, 1.165) is 17.1 Å². The predicted octanol–water partition coefficient (Wildman–Crippen LogP) is 13.9. The van der Waals surface area contributed by atoms with Gasteiger partial charge in [-0.05, 0) is 82.4 Å². The minimum Gasteiger partial charge on any atom is -0.355 e. The second kappa shape index (κ2) is 12.2. The molecule has 240 valence electrons. The van der Waals surface area contributed by atoms with Crippen molar-refractivity contribution in [2.45, 2.75) is 0 Å². The summed E-state index contributed by atoms with van der Waals surface area (Å²) in [7, 11) is 0. The molecule has 0 aliphatic heterocycles. The van der Waals surface area contributed by atoms with Crippen LogP contribution in [0.4, 0.5) is 11.4 Å². The maximum atomic E-state index is 3.72. The number of hydrogen-bond acceptors (Lipinski definition) is 2. The van der Waals surface area contributed by atoms with Gasteiger partial charge in [0.05, 0.1) is 11.0 Å². The first kappa shape index (κ1) is 29.5. The van der Waals surface area contributed by atoms with Crippen molar-refractivity contribution in [3.05, 3.63) is 188 Å². The number of thiophene rings is 1. The fraction of sp³-hybridized carbons (Fsp3) is 0. The van der Waals surface area contributed by atoms with E-state index in [2.05, 4.69) is 198 Å². The van der Waals surface area contributed by atoms with Crippen LogP contribution in [0.15, 0.2) is 188 Å². The molecule has 0 aliphatic rings. The summed E-state index contributed by atoms with van der Waals surface area (Å²) < 4.78 is 5.01. The van der Waals surface area contributed by atoms with E-state index in [0.29, 0.717) is 0 Å². The molecule has 8 aromatic carbocycles. The van der Waals surface area contributed by atoms with Gasteiger partial charge in [-0.15, -0.1) is 11.3 Å². The molecule has 0 bridgehead atoms. The number of fused-ring (bicyclic) bond motifs is 6. The smallest absolute Gasteiger partial charge is 0.0541 e. The van der Waals surface area contributed by atoms with Crippen LogP contribution in [0, 0.1) is 0 Å². The van der Waals surface area contributed by atoms with Gasteiger partial charge in [0.1, 0.15) is 0 Å². The molecule has 0 amide bonds.